The second-order valence-electron chi connectivity index (χ2n) is 7.60. The lowest BCUT2D eigenvalue weighted by Crippen LogP contribution is -2.44. The number of sulfonamides is 1. The molecule has 0 saturated heterocycles. The summed E-state index contributed by atoms with van der Waals surface area (Å²) in [6, 6.07) is 3.56. The highest BCUT2D eigenvalue weighted by Gasteiger charge is 2.24. The first-order valence-electron chi connectivity index (χ1n) is 10.4. The fraction of sp³-hybridized carbons (Fsp3) is 0.263. The highest BCUT2D eigenvalue weighted by Crippen LogP contribution is 2.33. The first-order chi connectivity index (χ1) is 17.8. The van der Waals surface area contributed by atoms with Gasteiger partial charge in [-0.1, -0.05) is 22.9 Å². The molecular weight excluding hydrogens is 570 g/mol. The van der Waals surface area contributed by atoms with E-state index in [1.807, 2.05) is 4.98 Å². The molecule has 0 spiro atoms. The van der Waals surface area contributed by atoms with Crippen LogP contribution in [0.2, 0.25) is 5.02 Å². The molecule has 2 aromatic heterocycles. The monoisotopic (exact) mass is 587 g/mol. The van der Waals surface area contributed by atoms with Gasteiger partial charge in [-0.05, 0) is 13.0 Å². The van der Waals surface area contributed by atoms with Crippen LogP contribution in [-0.2, 0) is 26.2 Å². The van der Waals surface area contributed by atoms with Crippen LogP contribution in [0.3, 0.4) is 0 Å². The highest BCUT2D eigenvalue weighted by molar-refractivity contribution is 7.91. The molecule has 1 amide bonds. The number of H-pyrrole nitrogens is 1. The van der Waals surface area contributed by atoms with Crippen molar-refractivity contribution >= 4 is 50.5 Å². The number of amides is 1. The van der Waals surface area contributed by atoms with Crippen LogP contribution >= 0.6 is 22.9 Å². The summed E-state index contributed by atoms with van der Waals surface area (Å²) in [5.41, 5.74) is -1.39. The molecule has 202 valence electrons. The molecule has 3 N–H and O–H groups in total. The number of rotatable bonds is 11. The van der Waals surface area contributed by atoms with Crippen molar-refractivity contribution in [3.63, 3.8) is 0 Å². The number of halogens is 1. The number of carboxylic acids is 1. The summed E-state index contributed by atoms with van der Waals surface area (Å²) in [6.45, 7) is -0.738. The molecule has 3 rings (SSSR count). The van der Waals surface area contributed by atoms with Crippen molar-refractivity contribution < 1.29 is 28.0 Å². The zero-order valence-electron chi connectivity index (χ0n) is 19.3. The molecule has 0 radical (unpaired) electrons. The van der Waals surface area contributed by atoms with Gasteiger partial charge >= 0.3 is 11.7 Å². The Bertz CT molecular complexity index is 1630. The van der Waals surface area contributed by atoms with Gasteiger partial charge in [0.15, 0.2) is 0 Å². The van der Waals surface area contributed by atoms with Crippen molar-refractivity contribution in [2.75, 3.05) is 19.6 Å². The molecule has 0 unspecified atom stereocenters. The normalized spacial score (nSPS) is 11.3. The zero-order valence-corrected chi connectivity index (χ0v) is 21.7. The molecule has 0 bridgehead atoms. The zero-order chi connectivity index (χ0) is 28.2. The molecule has 0 fully saturated rings. The van der Waals surface area contributed by atoms with Crippen molar-refractivity contribution in [3.05, 3.63) is 65.9 Å². The van der Waals surface area contributed by atoms with Gasteiger partial charge < -0.3 is 10.0 Å². The Labute approximate surface area is 221 Å². The Balaban J connectivity index is 1.70. The number of aromatic amines is 1. The predicted octanol–water partition coefficient (Wildman–Crippen LogP) is -0.183. The lowest BCUT2D eigenvalue weighted by Gasteiger charge is -2.21. The third-order valence-electron chi connectivity index (χ3n) is 4.88. The summed E-state index contributed by atoms with van der Waals surface area (Å²) in [5.74, 6) is -2.19. The number of nitrogens with zero attached hydrogens (tertiary/aromatic N) is 5. The highest BCUT2D eigenvalue weighted by atomic mass is 35.5. The van der Waals surface area contributed by atoms with E-state index in [-0.39, 0.29) is 33.4 Å². The number of aromatic nitrogens is 4. The third kappa shape index (κ3) is 6.85. The van der Waals surface area contributed by atoms with E-state index in [1.165, 1.54) is 19.1 Å². The molecule has 0 aliphatic carbocycles. The van der Waals surface area contributed by atoms with Gasteiger partial charge in [-0.25, -0.2) is 17.9 Å². The molecule has 0 saturated carbocycles. The van der Waals surface area contributed by atoms with E-state index in [2.05, 4.69) is 14.9 Å². The summed E-state index contributed by atoms with van der Waals surface area (Å²) >= 11 is 6.68. The largest absolute Gasteiger partial charge is 0.480 e. The van der Waals surface area contributed by atoms with Crippen LogP contribution in [0.1, 0.15) is 5.56 Å². The minimum Gasteiger partial charge on any atom is -0.480 e. The number of carbonyl (C=O) groups is 2. The van der Waals surface area contributed by atoms with Crippen LogP contribution in [0, 0.1) is 17.0 Å². The molecule has 0 aliphatic rings. The van der Waals surface area contributed by atoms with Gasteiger partial charge in [0.05, 0.1) is 9.95 Å². The number of nitrogens with one attached hydrogen (secondary N) is 2. The number of non-ortho nitro benzene ring substituents is 1. The lowest BCUT2D eigenvalue weighted by molar-refractivity contribution is -0.384. The molecule has 2 heterocycles. The molecule has 0 aliphatic heterocycles. The molecule has 1 aromatic carbocycles. The number of carboxylic acid groups (broad SMARTS) is 1. The maximum absolute atomic E-state index is 12.7. The first kappa shape index (κ1) is 28.6. The van der Waals surface area contributed by atoms with Crippen LogP contribution < -0.4 is 16.0 Å². The van der Waals surface area contributed by atoms with Crippen molar-refractivity contribution in [2.24, 2.45) is 0 Å². The Morgan fingerprint density at radius 1 is 1.32 bits per heavy atom. The van der Waals surface area contributed by atoms with Crippen molar-refractivity contribution in [1.82, 2.24) is 29.4 Å². The molecule has 19 heteroatoms. The fourth-order valence-electron chi connectivity index (χ4n) is 3.03. The lowest BCUT2D eigenvalue weighted by atomic mass is 10.2. The van der Waals surface area contributed by atoms with Crippen LogP contribution in [-0.4, -0.2) is 74.6 Å². The van der Waals surface area contributed by atoms with E-state index >= 15 is 0 Å². The van der Waals surface area contributed by atoms with Gasteiger partial charge in [-0.15, -0.1) is 10.2 Å². The number of carbonyl (C=O) groups excluding carboxylic acids is 1. The maximum Gasteiger partial charge on any atom is 0.328 e. The molecular formula is C19H18ClN7O9S2. The summed E-state index contributed by atoms with van der Waals surface area (Å²) in [6.07, 6.45) is 1.14. The topological polar surface area (TPSA) is 228 Å². The average molecular weight is 588 g/mol. The van der Waals surface area contributed by atoms with E-state index in [0.29, 0.717) is 11.3 Å². The van der Waals surface area contributed by atoms with Crippen LogP contribution in [0.25, 0.3) is 10.6 Å². The Morgan fingerprint density at radius 2 is 2.03 bits per heavy atom. The Hall–Kier alpha value is -4.00. The molecule has 38 heavy (non-hydrogen) atoms. The molecule has 3 aromatic rings. The number of benzene rings is 1. The van der Waals surface area contributed by atoms with Crippen LogP contribution in [0.15, 0.2) is 38.3 Å². The number of nitro groups is 1. The van der Waals surface area contributed by atoms with E-state index in [0.717, 1.165) is 21.7 Å². The van der Waals surface area contributed by atoms with E-state index < -0.39 is 62.0 Å². The van der Waals surface area contributed by atoms with Gasteiger partial charge in [0.1, 0.15) is 18.1 Å². The predicted molar refractivity (Wildman–Crippen MR) is 132 cm³/mol. The quantitative estimate of drug-likeness (QED) is 0.197. The Morgan fingerprint density at radius 3 is 2.66 bits per heavy atom. The minimum atomic E-state index is -4.24. The smallest absolute Gasteiger partial charge is 0.328 e. The average Bonchev–Trinajstić information content (AvgIpc) is 3.32. The molecule has 0 atom stereocenters. The van der Waals surface area contributed by atoms with Gasteiger partial charge in [0.25, 0.3) is 21.3 Å². The third-order valence-corrected chi connectivity index (χ3v) is 7.98. The number of nitro benzene ring substituents is 1. The van der Waals surface area contributed by atoms with E-state index in [4.69, 9.17) is 16.7 Å². The SMILES string of the molecule is Cc1cn(CC(=O)N(CCNS(=O)(=O)c2nnc(-c3ccc([N+](=O)[O-])cc3Cl)s2)CC(=O)O)c(=O)[nH]c1=O. The van der Waals surface area contributed by atoms with Gasteiger partial charge in [0, 0.05) is 42.5 Å². The van der Waals surface area contributed by atoms with Crippen molar-refractivity contribution in [2.45, 2.75) is 17.8 Å². The molecule has 16 nitrogen and oxygen atoms in total. The number of hydrogen-bond donors (Lipinski definition) is 3. The fourth-order valence-corrected chi connectivity index (χ4v) is 5.45. The number of aliphatic carboxylic acids is 1. The second-order valence-corrected chi connectivity index (χ2v) is 10.9. The maximum atomic E-state index is 12.7. The summed E-state index contributed by atoms with van der Waals surface area (Å²) < 4.78 is 27.9. The standard InChI is InChI=1S/C19H18ClN7O9S2/c1-10-7-26(18(32)22-16(10)31)8-14(28)25(9-15(29)30)5-4-21-38(35,36)19-24-23-17(37-19)12-3-2-11(27(33)34)6-13(12)20/h2-3,6-7,21H,4-5,8-9H2,1H3,(H,29,30)(H,22,31,32). The van der Waals surface area contributed by atoms with Crippen molar-refractivity contribution in [3.8, 4) is 10.6 Å². The van der Waals surface area contributed by atoms with Crippen LogP contribution in [0.4, 0.5) is 5.69 Å². The summed E-state index contributed by atoms with van der Waals surface area (Å²) in [4.78, 5) is 60.4. The van der Waals surface area contributed by atoms with E-state index in [1.54, 1.807) is 0 Å². The summed E-state index contributed by atoms with van der Waals surface area (Å²) in [5, 5.41) is 27.4. The number of hydrogen-bond acceptors (Lipinski definition) is 11. The van der Waals surface area contributed by atoms with Crippen molar-refractivity contribution in [1.29, 1.82) is 0 Å². The number of aryl methyl sites for hydroxylation is 1. The van der Waals surface area contributed by atoms with Gasteiger partial charge in [0.2, 0.25) is 10.2 Å². The minimum absolute atomic E-state index is 0.0353. The van der Waals surface area contributed by atoms with Gasteiger partial charge in [-0.3, -0.25) is 34.0 Å². The summed E-state index contributed by atoms with van der Waals surface area (Å²) in [7, 11) is -4.24. The second kappa shape index (κ2) is 11.6. The van der Waals surface area contributed by atoms with E-state index in [9.17, 15) is 37.7 Å². The van der Waals surface area contributed by atoms with Crippen LogP contribution in [0.5, 0.6) is 0 Å². The Kier molecular flexibility index (Phi) is 8.71. The van der Waals surface area contributed by atoms with Gasteiger partial charge in [-0.2, -0.15) is 0 Å². The first-order valence-corrected chi connectivity index (χ1v) is 13.0.